The van der Waals surface area contributed by atoms with Crippen LogP contribution in [0.15, 0.2) is 0 Å². The Morgan fingerprint density at radius 2 is 2.00 bits per heavy atom. The molecule has 1 rings (SSSR count). The molecule has 0 amide bonds. The Bertz CT molecular complexity index is 263. The van der Waals surface area contributed by atoms with Gasteiger partial charge < -0.3 is 10.8 Å². The minimum absolute atomic E-state index is 0.0236. The Hall–Kier alpha value is -0.570. The number of carboxylic acid groups (broad SMARTS) is 1. The van der Waals surface area contributed by atoms with E-state index in [4.69, 9.17) is 10.8 Å². The van der Waals surface area contributed by atoms with Gasteiger partial charge in [-0.1, -0.05) is 26.7 Å². The SMILES string of the molecule is CC(C)C1CCCC(CC(=O)O)(C(C)N)CC1. The summed E-state index contributed by atoms with van der Waals surface area (Å²) >= 11 is 0. The summed E-state index contributed by atoms with van der Waals surface area (Å²) in [4.78, 5) is 11.0. The Kier molecular flexibility index (Phi) is 4.99. The average molecular weight is 241 g/mol. The summed E-state index contributed by atoms with van der Waals surface area (Å²) in [7, 11) is 0. The topological polar surface area (TPSA) is 63.3 Å². The Morgan fingerprint density at radius 3 is 2.47 bits per heavy atom. The lowest BCUT2D eigenvalue weighted by Crippen LogP contribution is -2.41. The maximum atomic E-state index is 11.0. The van der Waals surface area contributed by atoms with E-state index in [9.17, 15) is 4.79 Å². The molecule has 1 fully saturated rings. The van der Waals surface area contributed by atoms with Crippen LogP contribution in [0.1, 0.15) is 59.3 Å². The maximum absolute atomic E-state index is 11.0. The highest BCUT2D eigenvalue weighted by molar-refractivity contribution is 5.67. The van der Waals surface area contributed by atoms with E-state index in [2.05, 4.69) is 13.8 Å². The van der Waals surface area contributed by atoms with Gasteiger partial charge in [0.05, 0.1) is 6.42 Å². The minimum Gasteiger partial charge on any atom is -0.481 e. The fraction of sp³-hybridized carbons (Fsp3) is 0.929. The number of hydrogen-bond donors (Lipinski definition) is 2. The van der Waals surface area contributed by atoms with Crippen LogP contribution in [0.3, 0.4) is 0 Å². The minimum atomic E-state index is -0.703. The van der Waals surface area contributed by atoms with Gasteiger partial charge >= 0.3 is 5.97 Å². The summed E-state index contributed by atoms with van der Waals surface area (Å²) < 4.78 is 0. The van der Waals surface area contributed by atoms with E-state index in [1.54, 1.807) is 0 Å². The lowest BCUT2D eigenvalue weighted by atomic mass is 9.72. The molecule has 0 aromatic carbocycles. The smallest absolute Gasteiger partial charge is 0.303 e. The zero-order valence-corrected chi connectivity index (χ0v) is 11.4. The third-order valence-electron chi connectivity index (χ3n) is 4.67. The third-order valence-corrected chi connectivity index (χ3v) is 4.67. The number of carboxylic acids is 1. The van der Waals surface area contributed by atoms with Crippen LogP contribution in [0.2, 0.25) is 0 Å². The molecule has 0 bridgehead atoms. The first-order valence-corrected chi connectivity index (χ1v) is 6.85. The van der Waals surface area contributed by atoms with Gasteiger partial charge in [0.25, 0.3) is 0 Å². The Balaban J connectivity index is 2.75. The Morgan fingerprint density at radius 1 is 1.35 bits per heavy atom. The van der Waals surface area contributed by atoms with Crippen LogP contribution in [0.25, 0.3) is 0 Å². The van der Waals surface area contributed by atoms with E-state index in [-0.39, 0.29) is 17.9 Å². The summed E-state index contributed by atoms with van der Waals surface area (Å²) in [6, 6.07) is -0.0236. The van der Waals surface area contributed by atoms with Gasteiger partial charge in [-0.05, 0) is 43.4 Å². The highest BCUT2D eigenvalue weighted by Gasteiger charge is 2.38. The average Bonchev–Trinajstić information content (AvgIpc) is 2.40. The number of rotatable bonds is 4. The van der Waals surface area contributed by atoms with Crippen molar-refractivity contribution in [2.45, 2.75) is 65.3 Å². The monoisotopic (exact) mass is 241 g/mol. The van der Waals surface area contributed by atoms with Gasteiger partial charge in [0.15, 0.2) is 0 Å². The molecular weight excluding hydrogens is 214 g/mol. The summed E-state index contributed by atoms with van der Waals surface area (Å²) in [6.45, 7) is 6.50. The predicted octanol–water partition coefficient (Wildman–Crippen LogP) is 3.03. The van der Waals surface area contributed by atoms with Gasteiger partial charge in [-0.2, -0.15) is 0 Å². The Labute approximate surface area is 105 Å². The van der Waals surface area contributed by atoms with Crippen LogP contribution in [0.5, 0.6) is 0 Å². The molecule has 17 heavy (non-hydrogen) atoms. The second-order valence-corrected chi connectivity index (χ2v) is 6.16. The van der Waals surface area contributed by atoms with Crippen LogP contribution in [0.4, 0.5) is 0 Å². The van der Waals surface area contributed by atoms with E-state index >= 15 is 0 Å². The van der Waals surface area contributed by atoms with Gasteiger partial charge in [-0.3, -0.25) is 4.79 Å². The van der Waals surface area contributed by atoms with Crippen molar-refractivity contribution in [2.75, 3.05) is 0 Å². The zero-order chi connectivity index (χ0) is 13.1. The summed E-state index contributed by atoms with van der Waals surface area (Å²) in [5.74, 6) is 0.735. The van der Waals surface area contributed by atoms with E-state index in [0.717, 1.165) is 31.6 Å². The molecule has 3 N–H and O–H groups in total. The standard InChI is InChI=1S/C14H27NO2/c1-10(2)12-5-4-7-14(8-6-12,11(3)15)9-13(16)17/h10-12H,4-9,15H2,1-3H3,(H,16,17). The molecular formula is C14H27NO2. The van der Waals surface area contributed by atoms with Gasteiger partial charge in [-0.15, -0.1) is 0 Å². The van der Waals surface area contributed by atoms with Crippen LogP contribution >= 0.6 is 0 Å². The summed E-state index contributed by atoms with van der Waals surface area (Å²) in [6.07, 6.45) is 5.66. The second kappa shape index (κ2) is 5.85. The maximum Gasteiger partial charge on any atom is 0.303 e. The molecule has 0 aromatic rings. The van der Waals surface area contributed by atoms with Gasteiger partial charge in [0.2, 0.25) is 0 Å². The predicted molar refractivity (Wildman–Crippen MR) is 69.7 cm³/mol. The van der Waals surface area contributed by atoms with E-state index in [1.807, 2.05) is 6.92 Å². The molecule has 1 aliphatic rings. The first-order chi connectivity index (χ1) is 7.87. The number of hydrogen-bond acceptors (Lipinski definition) is 2. The molecule has 0 aromatic heterocycles. The van der Waals surface area contributed by atoms with Crippen molar-refractivity contribution in [2.24, 2.45) is 23.0 Å². The van der Waals surface area contributed by atoms with Gasteiger partial charge in [0.1, 0.15) is 0 Å². The molecule has 3 atom stereocenters. The van der Waals surface area contributed by atoms with E-state index in [1.165, 1.54) is 6.42 Å². The lowest BCUT2D eigenvalue weighted by Gasteiger charge is -2.35. The summed E-state index contributed by atoms with van der Waals surface area (Å²) in [5.41, 5.74) is 5.91. The van der Waals surface area contributed by atoms with Crippen LogP contribution < -0.4 is 5.73 Å². The molecule has 3 nitrogen and oxygen atoms in total. The third kappa shape index (κ3) is 3.70. The number of aliphatic carboxylic acids is 1. The molecule has 0 radical (unpaired) electrons. The van der Waals surface area contributed by atoms with Gasteiger partial charge in [-0.25, -0.2) is 0 Å². The normalized spacial score (nSPS) is 32.2. The van der Waals surface area contributed by atoms with Crippen molar-refractivity contribution in [1.29, 1.82) is 0 Å². The van der Waals surface area contributed by atoms with Crippen molar-refractivity contribution >= 4 is 5.97 Å². The van der Waals surface area contributed by atoms with Crippen molar-refractivity contribution in [3.63, 3.8) is 0 Å². The highest BCUT2D eigenvalue weighted by atomic mass is 16.4. The largest absolute Gasteiger partial charge is 0.481 e. The molecule has 3 unspecified atom stereocenters. The number of carbonyl (C=O) groups is 1. The summed E-state index contributed by atoms with van der Waals surface area (Å²) in [5, 5.41) is 9.09. The molecule has 0 saturated heterocycles. The molecule has 0 aliphatic heterocycles. The fourth-order valence-corrected chi connectivity index (χ4v) is 3.22. The zero-order valence-electron chi connectivity index (χ0n) is 11.4. The fourth-order valence-electron chi connectivity index (χ4n) is 3.22. The van der Waals surface area contributed by atoms with E-state index in [0.29, 0.717) is 5.92 Å². The van der Waals surface area contributed by atoms with Crippen molar-refractivity contribution in [3.05, 3.63) is 0 Å². The van der Waals surface area contributed by atoms with Crippen molar-refractivity contribution < 1.29 is 9.90 Å². The van der Waals surface area contributed by atoms with Crippen LogP contribution in [-0.2, 0) is 4.79 Å². The molecule has 0 spiro atoms. The highest BCUT2D eigenvalue weighted by Crippen LogP contribution is 2.43. The molecule has 1 saturated carbocycles. The lowest BCUT2D eigenvalue weighted by molar-refractivity contribution is -0.140. The first kappa shape index (κ1) is 14.5. The molecule has 0 heterocycles. The van der Waals surface area contributed by atoms with Gasteiger partial charge in [0, 0.05) is 6.04 Å². The van der Waals surface area contributed by atoms with Crippen LogP contribution in [0, 0.1) is 17.3 Å². The van der Waals surface area contributed by atoms with Crippen molar-refractivity contribution in [3.8, 4) is 0 Å². The second-order valence-electron chi connectivity index (χ2n) is 6.16. The molecule has 100 valence electrons. The van der Waals surface area contributed by atoms with E-state index < -0.39 is 5.97 Å². The quantitative estimate of drug-likeness (QED) is 0.744. The molecule has 1 aliphatic carbocycles. The van der Waals surface area contributed by atoms with Crippen molar-refractivity contribution in [1.82, 2.24) is 0 Å². The first-order valence-electron chi connectivity index (χ1n) is 6.85. The number of nitrogens with two attached hydrogens (primary N) is 1. The van der Waals surface area contributed by atoms with Crippen LogP contribution in [-0.4, -0.2) is 17.1 Å². The molecule has 3 heteroatoms.